The molecule has 0 amide bonds. The van der Waals surface area contributed by atoms with Gasteiger partial charge in [0.25, 0.3) is 0 Å². The van der Waals surface area contributed by atoms with Crippen LogP contribution in [0.5, 0.6) is 5.75 Å². The van der Waals surface area contributed by atoms with Crippen molar-refractivity contribution < 1.29 is 5.11 Å². The first-order valence-corrected chi connectivity index (χ1v) is 6.13. The molecule has 5 heteroatoms. The average molecular weight is 308 g/mol. The minimum atomic E-state index is -0.128. The quantitative estimate of drug-likeness (QED) is 0.719. The number of hydrogen-bond acceptors (Lipinski definition) is 1. The van der Waals surface area contributed by atoms with E-state index in [0.29, 0.717) is 10.0 Å². The molecule has 0 saturated carbocycles. The Morgan fingerprint density at radius 2 is 1.18 bits per heavy atom. The van der Waals surface area contributed by atoms with Gasteiger partial charge >= 0.3 is 0 Å². The molecule has 2 rings (SSSR count). The standard InChI is InChI=1S/C12H6Cl4O/c13-8-2-1-6(3-9(8)14)7-4-10(15)12(17)11(16)5-7/h1-5,17H. The average Bonchev–Trinajstić information content (AvgIpc) is 2.29. The van der Waals surface area contributed by atoms with E-state index < -0.39 is 0 Å². The summed E-state index contributed by atoms with van der Waals surface area (Å²) in [5.74, 6) is -0.128. The molecular weight excluding hydrogens is 302 g/mol. The highest BCUT2D eigenvalue weighted by Gasteiger charge is 2.09. The highest BCUT2D eigenvalue weighted by Crippen LogP contribution is 2.37. The van der Waals surface area contributed by atoms with E-state index >= 15 is 0 Å². The van der Waals surface area contributed by atoms with Crippen LogP contribution in [0.3, 0.4) is 0 Å². The van der Waals surface area contributed by atoms with E-state index in [4.69, 9.17) is 46.4 Å². The van der Waals surface area contributed by atoms with Gasteiger partial charge < -0.3 is 5.11 Å². The molecule has 17 heavy (non-hydrogen) atoms. The molecule has 0 aliphatic rings. The molecule has 2 aromatic rings. The second-order valence-corrected chi connectivity index (χ2v) is 5.05. The number of benzene rings is 2. The molecule has 0 radical (unpaired) electrons. The fourth-order valence-electron chi connectivity index (χ4n) is 1.41. The van der Waals surface area contributed by atoms with Crippen LogP contribution >= 0.6 is 46.4 Å². The van der Waals surface area contributed by atoms with Gasteiger partial charge in [-0.1, -0.05) is 52.5 Å². The van der Waals surface area contributed by atoms with Crippen LogP contribution in [0.1, 0.15) is 0 Å². The van der Waals surface area contributed by atoms with Gasteiger partial charge in [-0.25, -0.2) is 0 Å². The van der Waals surface area contributed by atoms with E-state index in [9.17, 15) is 5.11 Å². The van der Waals surface area contributed by atoms with Crippen molar-refractivity contribution in [1.82, 2.24) is 0 Å². The molecular formula is C12H6Cl4O. The number of hydrogen-bond donors (Lipinski definition) is 1. The Labute approximate surface area is 118 Å². The summed E-state index contributed by atoms with van der Waals surface area (Å²) in [5.41, 5.74) is 1.58. The van der Waals surface area contributed by atoms with Crippen LogP contribution in [0.4, 0.5) is 0 Å². The molecule has 0 unspecified atom stereocenters. The van der Waals surface area contributed by atoms with Gasteiger partial charge in [0.15, 0.2) is 5.75 Å². The number of rotatable bonds is 1. The topological polar surface area (TPSA) is 20.2 Å². The third-order valence-electron chi connectivity index (χ3n) is 2.27. The summed E-state index contributed by atoms with van der Waals surface area (Å²) in [6, 6.07) is 8.43. The molecule has 0 aliphatic carbocycles. The van der Waals surface area contributed by atoms with Gasteiger partial charge in [0, 0.05) is 0 Å². The number of phenols is 1. The Morgan fingerprint density at radius 1 is 0.647 bits per heavy atom. The molecule has 88 valence electrons. The first-order chi connectivity index (χ1) is 7.99. The maximum absolute atomic E-state index is 9.47. The fourth-order valence-corrected chi connectivity index (χ4v) is 2.19. The van der Waals surface area contributed by atoms with Crippen LogP contribution in [0.2, 0.25) is 20.1 Å². The summed E-state index contributed by atoms with van der Waals surface area (Å²) in [5, 5.41) is 10.8. The Bertz CT molecular complexity index is 558. The Kier molecular flexibility index (Phi) is 3.74. The summed E-state index contributed by atoms with van der Waals surface area (Å²) in [7, 11) is 0. The predicted molar refractivity (Wildman–Crippen MR) is 73.6 cm³/mol. The summed E-state index contributed by atoms with van der Waals surface area (Å²) in [6.07, 6.45) is 0. The molecule has 0 fully saturated rings. The molecule has 2 aromatic carbocycles. The smallest absolute Gasteiger partial charge is 0.152 e. The van der Waals surface area contributed by atoms with Crippen molar-refractivity contribution in [2.75, 3.05) is 0 Å². The van der Waals surface area contributed by atoms with E-state index in [1.54, 1.807) is 30.3 Å². The van der Waals surface area contributed by atoms with Crippen molar-refractivity contribution in [2.45, 2.75) is 0 Å². The third kappa shape index (κ3) is 2.63. The second-order valence-electron chi connectivity index (χ2n) is 3.42. The van der Waals surface area contributed by atoms with Gasteiger partial charge in [-0.05, 0) is 35.4 Å². The zero-order valence-electron chi connectivity index (χ0n) is 8.35. The van der Waals surface area contributed by atoms with E-state index in [1.165, 1.54) is 0 Å². The van der Waals surface area contributed by atoms with Gasteiger partial charge in [-0.15, -0.1) is 0 Å². The summed E-state index contributed by atoms with van der Waals surface area (Å²) in [4.78, 5) is 0. The SMILES string of the molecule is Oc1c(Cl)cc(-c2ccc(Cl)c(Cl)c2)cc1Cl. The highest BCUT2D eigenvalue weighted by atomic mass is 35.5. The number of halogens is 4. The first-order valence-electron chi connectivity index (χ1n) is 4.62. The molecule has 0 spiro atoms. The van der Waals surface area contributed by atoms with Crippen LogP contribution in [-0.4, -0.2) is 5.11 Å². The van der Waals surface area contributed by atoms with Crippen molar-refractivity contribution in [2.24, 2.45) is 0 Å². The van der Waals surface area contributed by atoms with Crippen molar-refractivity contribution in [1.29, 1.82) is 0 Å². The maximum Gasteiger partial charge on any atom is 0.152 e. The number of phenolic OH excluding ortho intramolecular Hbond substituents is 1. The van der Waals surface area contributed by atoms with Crippen molar-refractivity contribution in [3.05, 3.63) is 50.4 Å². The van der Waals surface area contributed by atoms with Gasteiger partial charge in [0.05, 0.1) is 20.1 Å². The Morgan fingerprint density at radius 3 is 1.71 bits per heavy atom. The lowest BCUT2D eigenvalue weighted by atomic mass is 10.1. The van der Waals surface area contributed by atoms with Crippen molar-refractivity contribution in [3.8, 4) is 16.9 Å². The summed E-state index contributed by atoms with van der Waals surface area (Å²) in [6.45, 7) is 0. The van der Waals surface area contributed by atoms with Gasteiger partial charge in [0.2, 0.25) is 0 Å². The predicted octanol–water partition coefficient (Wildman–Crippen LogP) is 5.67. The third-order valence-corrected chi connectivity index (χ3v) is 3.59. The zero-order chi connectivity index (χ0) is 12.6. The molecule has 1 N–H and O–H groups in total. The van der Waals surface area contributed by atoms with Gasteiger partial charge in [-0.2, -0.15) is 0 Å². The Hall–Kier alpha value is -0.600. The fraction of sp³-hybridized carbons (Fsp3) is 0. The lowest BCUT2D eigenvalue weighted by molar-refractivity contribution is 0.476. The van der Waals surface area contributed by atoms with Crippen LogP contribution < -0.4 is 0 Å². The minimum absolute atomic E-state index is 0.128. The largest absolute Gasteiger partial charge is 0.505 e. The summed E-state index contributed by atoms with van der Waals surface area (Å²) < 4.78 is 0. The van der Waals surface area contributed by atoms with Crippen LogP contribution in [0, 0.1) is 0 Å². The van der Waals surface area contributed by atoms with Crippen LogP contribution in [-0.2, 0) is 0 Å². The van der Waals surface area contributed by atoms with E-state index in [0.717, 1.165) is 11.1 Å². The molecule has 0 bridgehead atoms. The number of aromatic hydroxyl groups is 1. The molecule has 0 atom stereocenters. The second kappa shape index (κ2) is 4.95. The van der Waals surface area contributed by atoms with Crippen molar-refractivity contribution in [3.63, 3.8) is 0 Å². The maximum atomic E-state index is 9.47. The normalized spacial score (nSPS) is 10.6. The van der Waals surface area contributed by atoms with E-state index in [1.807, 2.05) is 0 Å². The molecule has 0 saturated heterocycles. The lowest BCUT2D eigenvalue weighted by Crippen LogP contribution is -1.81. The summed E-state index contributed by atoms with van der Waals surface area (Å²) >= 11 is 23.5. The monoisotopic (exact) mass is 306 g/mol. The molecule has 0 heterocycles. The lowest BCUT2D eigenvalue weighted by Gasteiger charge is -2.07. The van der Waals surface area contributed by atoms with E-state index in [-0.39, 0.29) is 15.8 Å². The molecule has 0 aromatic heterocycles. The van der Waals surface area contributed by atoms with Crippen molar-refractivity contribution >= 4 is 46.4 Å². The first kappa shape index (κ1) is 12.8. The van der Waals surface area contributed by atoms with Crippen LogP contribution in [0.25, 0.3) is 11.1 Å². The highest BCUT2D eigenvalue weighted by molar-refractivity contribution is 6.42. The zero-order valence-corrected chi connectivity index (χ0v) is 11.4. The van der Waals surface area contributed by atoms with E-state index in [2.05, 4.69) is 0 Å². The minimum Gasteiger partial charge on any atom is -0.505 e. The molecule has 1 nitrogen and oxygen atoms in total. The Balaban J connectivity index is 2.57. The van der Waals surface area contributed by atoms with Gasteiger partial charge in [0.1, 0.15) is 0 Å². The van der Waals surface area contributed by atoms with Crippen LogP contribution in [0.15, 0.2) is 30.3 Å². The molecule has 0 aliphatic heterocycles. The van der Waals surface area contributed by atoms with Gasteiger partial charge in [-0.3, -0.25) is 0 Å².